The maximum atomic E-state index is 2.79. The highest BCUT2D eigenvalue weighted by Crippen LogP contribution is 2.09. The number of hydrogen-bond donors (Lipinski definition) is 0. The van der Waals surface area contributed by atoms with Crippen molar-refractivity contribution in [3.63, 3.8) is 0 Å². The normalized spacial score (nSPS) is 11.8. The van der Waals surface area contributed by atoms with Crippen molar-refractivity contribution >= 4 is 0 Å². The fraction of sp³-hybridized carbons (Fsp3) is 1.00. The molecule has 0 amide bonds. The van der Waals surface area contributed by atoms with E-state index in [-0.39, 0.29) is 0 Å². The zero-order valence-electron chi connectivity index (χ0n) is 21.2. The summed E-state index contributed by atoms with van der Waals surface area (Å²) in [5.74, 6) is 0. The summed E-state index contributed by atoms with van der Waals surface area (Å²) in [7, 11) is 0. The van der Waals surface area contributed by atoms with Gasteiger partial charge in [0.25, 0.3) is 0 Å². The van der Waals surface area contributed by atoms with Gasteiger partial charge in [0.1, 0.15) is 0 Å². The fourth-order valence-electron chi connectivity index (χ4n) is 4.24. The van der Waals surface area contributed by atoms with E-state index in [1.54, 1.807) is 0 Å². The molecule has 0 aromatic carbocycles. The molecule has 0 aliphatic carbocycles. The summed E-state index contributed by atoms with van der Waals surface area (Å²) in [5.41, 5.74) is 0. The van der Waals surface area contributed by atoms with Gasteiger partial charge in [0, 0.05) is 0 Å². The predicted octanol–water partition coefficient (Wildman–Crippen LogP) is 8.30. The van der Waals surface area contributed by atoms with Crippen molar-refractivity contribution < 1.29 is 0 Å². The molecule has 0 saturated carbocycles. The van der Waals surface area contributed by atoms with Crippen LogP contribution in [0.3, 0.4) is 0 Å². The highest BCUT2D eigenvalue weighted by atomic mass is 15.1. The molecule has 2 nitrogen and oxygen atoms in total. The summed E-state index contributed by atoms with van der Waals surface area (Å²) in [6.45, 7) is 17.2. The van der Waals surface area contributed by atoms with Crippen molar-refractivity contribution in [2.75, 3.05) is 39.3 Å². The smallest absolute Gasteiger partial charge is 0.000655 e. The molecule has 176 valence electrons. The molecule has 0 rings (SSSR count). The van der Waals surface area contributed by atoms with Crippen molar-refractivity contribution in [2.45, 2.75) is 137 Å². The van der Waals surface area contributed by atoms with Gasteiger partial charge in [-0.2, -0.15) is 0 Å². The SMILES string of the molecule is CCCCCCN(CCCCCC)CCCN(CCCCCC)CCCCCC. The molecule has 0 saturated heterocycles. The van der Waals surface area contributed by atoms with E-state index in [4.69, 9.17) is 0 Å². The summed E-state index contributed by atoms with van der Waals surface area (Å²) >= 11 is 0. The monoisotopic (exact) mass is 410 g/mol. The Hall–Kier alpha value is -0.0800. The van der Waals surface area contributed by atoms with Crippen LogP contribution in [-0.4, -0.2) is 49.1 Å². The first kappa shape index (κ1) is 28.9. The molecule has 2 heteroatoms. The van der Waals surface area contributed by atoms with E-state index in [9.17, 15) is 0 Å². The minimum atomic E-state index is 1.32. The number of rotatable bonds is 24. The lowest BCUT2D eigenvalue weighted by atomic mass is 10.1. The van der Waals surface area contributed by atoms with Gasteiger partial charge >= 0.3 is 0 Å². The summed E-state index contributed by atoms with van der Waals surface area (Å²) in [5, 5.41) is 0. The standard InChI is InChI=1S/C27H58N2/c1-5-9-13-17-22-28(23-18-14-10-6-2)26-21-27-29(24-19-15-11-7-3)25-20-16-12-8-4/h5-27H2,1-4H3. The Kier molecular flexibility index (Phi) is 24.1. The third-order valence-corrected chi connectivity index (χ3v) is 6.26. The zero-order valence-corrected chi connectivity index (χ0v) is 21.2. The van der Waals surface area contributed by atoms with Crippen LogP contribution in [0, 0.1) is 0 Å². The van der Waals surface area contributed by atoms with Crippen LogP contribution in [-0.2, 0) is 0 Å². The van der Waals surface area contributed by atoms with Gasteiger partial charge in [-0.25, -0.2) is 0 Å². The minimum absolute atomic E-state index is 1.32. The van der Waals surface area contributed by atoms with Crippen molar-refractivity contribution in [1.29, 1.82) is 0 Å². The van der Waals surface area contributed by atoms with Gasteiger partial charge in [0.2, 0.25) is 0 Å². The highest BCUT2D eigenvalue weighted by molar-refractivity contribution is 4.64. The van der Waals surface area contributed by atoms with E-state index in [2.05, 4.69) is 37.5 Å². The van der Waals surface area contributed by atoms with Crippen molar-refractivity contribution in [3.8, 4) is 0 Å². The van der Waals surface area contributed by atoms with Crippen LogP contribution in [0.25, 0.3) is 0 Å². The van der Waals surface area contributed by atoms with Crippen molar-refractivity contribution in [3.05, 3.63) is 0 Å². The largest absolute Gasteiger partial charge is 0.303 e. The van der Waals surface area contributed by atoms with Crippen LogP contribution >= 0.6 is 0 Å². The maximum Gasteiger partial charge on any atom is -0.000655 e. The van der Waals surface area contributed by atoms with Crippen LogP contribution in [0.1, 0.15) is 137 Å². The second kappa shape index (κ2) is 24.2. The Morgan fingerprint density at radius 1 is 0.276 bits per heavy atom. The zero-order chi connectivity index (χ0) is 21.4. The second-order valence-corrected chi connectivity index (χ2v) is 9.28. The first-order valence-electron chi connectivity index (χ1n) is 13.7. The van der Waals surface area contributed by atoms with Gasteiger partial charge in [-0.05, 0) is 71.4 Å². The van der Waals surface area contributed by atoms with Crippen LogP contribution in [0.2, 0.25) is 0 Å². The first-order chi connectivity index (χ1) is 14.3. The van der Waals surface area contributed by atoms with Gasteiger partial charge in [0.05, 0.1) is 0 Å². The van der Waals surface area contributed by atoms with Gasteiger partial charge in [-0.15, -0.1) is 0 Å². The van der Waals surface area contributed by atoms with E-state index >= 15 is 0 Å². The van der Waals surface area contributed by atoms with Gasteiger partial charge in [0.15, 0.2) is 0 Å². The van der Waals surface area contributed by atoms with Crippen molar-refractivity contribution in [1.82, 2.24) is 9.80 Å². The molecule has 0 spiro atoms. The summed E-state index contributed by atoms with van der Waals surface area (Å²) in [6.07, 6.45) is 23.7. The summed E-state index contributed by atoms with van der Waals surface area (Å²) < 4.78 is 0. The molecule has 0 bridgehead atoms. The topological polar surface area (TPSA) is 6.48 Å². The van der Waals surface area contributed by atoms with Crippen LogP contribution in [0.5, 0.6) is 0 Å². The molecule has 0 aromatic heterocycles. The quantitative estimate of drug-likeness (QED) is 0.148. The third-order valence-electron chi connectivity index (χ3n) is 6.26. The Labute approximate surface area is 186 Å². The predicted molar refractivity (Wildman–Crippen MR) is 134 cm³/mol. The molecular weight excluding hydrogens is 352 g/mol. The molecular formula is C27H58N2. The molecule has 0 aliphatic rings. The van der Waals surface area contributed by atoms with Crippen LogP contribution in [0.4, 0.5) is 0 Å². The molecule has 0 N–H and O–H groups in total. The van der Waals surface area contributed by atoms with Gasteiger partial charge in [-0.3, -0.25) is 0 Å². The highest BCUT2D eigenvalue weighted by Gasteiger charge is 2.08. The van der Waals surface area contributed by atoms with Crippen molar-refractivity contribution in [2.24, 2.45) is 0 Å². The summed E-state index contributed by atoms with van der Waals surface area (Å²) in [6, 6.07) is 0. The maximum absolute atomic E-state index is 2.79. The van der Waals surface area contributed by atoms with Crippen LogP contribution in [0.15, 0.2) is 0 Å². The lowest BCUT2D eigenvalue weighted by Gasteiger charge is -2.26. The molecule has 0 aromatic rings. The van der Waals surface area contributed by atoms with E-state index in [1.165, 1.54) is 148 Å². The minimum Gasteiger partial charge on any atom is -0.303 e. The van der Waals surface area contributed by atoms with E-state index in [1.807, 2.05) is 0 Å². The molecule has 0 heterocycles. The number of unbranched alkanes of at least 4 members (excludes halogenated alkanes) is 12. The first-order valence-corrected chi connectivity index (χ1v) is 13.7. The van der Waals surface area contributed by atoms with Gasteiger partial charge < -0.3 is 9.80 Å². The Balaban J connectivity index is 4.25. The Morgan fingerprint density at radius 2 is 0.517 bits per heavy atom. The molecule has 0 radical (unpaired) electrons. The lowest BCUT2D eigenvalue weighted by Crippen LogP contribution is -2.32. The molecule has 0 atom stereocenters. The van der Waals surface area contributed by atoms with Crippen LogP contribution < -0.4 is 0 Å². The molecule has 0 unspecified atom stereocenters. The summed E-state index contributed by atoms with van der Waals surface area (Å²) in [4.78, 5) is 5.58. The molecule has 0 aliphatic heterocycles. The average Bonchev–Trinajstić information content (AvgIpc) is 2.73. The van der Waals surface area contributed by atoms with E-state index in [0.717, 1.165) is 0 Å². The third kappa shape index (κ3) is 21.0. The van der Waals surface area contributed by atoms with Gasteiger partial charge in [-0.1, -0.05) is 105 Å². The lowest BCUT2D eigenvalue weighted by molar-refractivity contribution is 0.215. The average molecular weight is 411 g/mol. The Bertz CT molecular complexity index is 240. The fourth-order valence-corrected chi connectivity index (χ4v) is 4.24. The number of hydrogen-bond acceptors (Lipinski definition) is 2. The molecule has 0 fully saturated rings. The number of nitrogens with zero attached hydrogens (tertiary/aromatic N) is 2. The molecule has 29 heavy (non-hydrogen) atoms. The Morgan fingerprint density at radius 3 is 0.759 bits per heavy atom. The second-order valence-electron chi connectivity index (χ2n) is 9.28. The van der Waals surface area contributed by atoms with E-state index < -0.39 is 0 Å². The van der Waals surface area contributed by atoms with E-state index in [0.29, 0.717) is 0 Å².